The van der Waals surface area contributed by atoms with E-state index in [0.29, 0.717) is 18.4 Å². The molecule has 0 bridgehead atoms. The Bertz CT molecular complexity index is 485. The Morgan fingerprint density at radius 2 is 2.00 bits per heavy atom. The van der Waals surface area contributed by atoms with Gasteiger partial charge in [-0.3, -0.25) is 4.79 Å². The van der Waals surface area contributed by atoms with Crippen molar-refractivity contribution in [2.75, 3.05) is 6.61 Å². The fourth-order valence-electron chi connectivity index (χ4n) is 3.22. The van der Waals surface area contributed by atoms with Gasteiger partial charge >= 0.3 is 5.97 Å². The molecule has 0 spiro atoms. The summed E-state index contributed by atoms with van der Waals surface area (Å²) in [5, 5.41) is 4.10. The first-order chi connectivity index (χ1) is 10.2. The van der Waals surface area contributed by atoms with Gasteiger partial charge in [-0.25, -0.2) is 0 Å². The van der Waals surface area contributed by atoms with Crippen molar-refractivity contribution < 1.29 is 14.1 Å². The van der Waals surface area contributed by atoms with Gasteiger partial charge < -0.3 is 9.26 Å². The number of aromatic nitrogens is 2. The smallest absolute Gasteiger partial charge is 0.321 e. The highest BCUT2D eigenvalue weighted by Gasteiger charge is 2.46. The average molecular weight is 292 g/mol. The minimum Gasteiger partial charge on any atom is -0.465 e. The summed E-state index contributed by atoms with van der Waals surface area (Å²) in [6.45, 7) is 2.23. The van der Waals surface area contributed by atoms with Crippen molar-refractivity contribution in [3.05, 3.63) is 11.7 Å². The zero-order valence-corrected chi connectivity index (χ0v) is 12.8. The molecule has 21 heavy (non-hydrogen) atoms. The first-order valence-corrected chi connectivity index (χ1v) is 8.25. The highest BCUT2D eigenvalue weighted by molar-refractivity contribution is 5.81. The first kappa shape index (κ1) is 14.5. The number of rotatable bonds is 5. The summed E-state index contributed by atoms with van der Waals surface area (Å²) >= 11 is 0. The molecular weight excluding hydrogens is 268 g/mol. The Morgan fingerprint density at radius 1 is 1.29 bits per heavy atom. The second kappa shape index (κ2) is 6.16. The van der Waals surface area contributed by atoms with Crippen LogP contribution in [0.2, 0.25) is 0 Å². The third-order valence-corrected chi connectivity index (χ3v) is 4.67. The minimum absolute atomic E-state index is 0.187. The van der Waals surface area contributed by atoms with Crippen molar-refractivity contribution >= 4 is 5.97 Å². The number of carbonyl (C=O) groups is 1. The summed E-state index contributed by atoms with van der Waals surface area (Å²) < 4.78 is 10.8. The van der Waals surface area contributed by atoms with Crippen LogP contribution in [0, 0.1) is 5.92 Å². The number of esters is 1. The lowest BCUT2D eigenvalue weighted by Gasteiger charge is -2.25. The van der Waals surface area contributed by atoms with Crippen LogP contribution in [-0.2, 0) is 21.4 Å². The van der Waals surface area contributed by atoms with E-state index in [1.165, 1.54) is 12.8 Å². The fraction of sp³-hybridized carbons (Fsp3) is 0.812. The van der Waals surface area contributed by atoms with Crippen LogP contribution in [0.3, 0.4) is 0 Å². The van der Waals surface area contributed by atoms with E-state index in [4.69, 9.17) is 9.26 Å². The molecule has 2 aliphatic rings. The van der Waals surface area contributed by atoms with Crippen LogP contribution >= 0.6 is 0 Å². The molecule has 1 heterocycles. The van der Waals surface area contributed by atoms with Crippen LogP contribution in [0.25, 0.3) is 0 Å². The van der Waals surface area contributed by atoms with Crippen LogP contribution in [0.5, 0.6) is 0 Å². The first-order valence-electron chi connectivity index (χ1n) is 8.25. The second-order valence-corrected chi connectivity index (χ2v) is 6.38. The third-order valence-electron chi connectivity index (χ3n) is 4.67. The lowest BCUT2D eigenvalue weighted by atomic mass is 9.80. The molecule has 5 nitrogen and oxygen atoms in total. The standard InChI is InChI=1S/C16H24N2O3/c1-2-20-15(19)16(9-5-3-4-6-10-16)14-17-13(18-21-14)11-12-7-8-12/h12H,2-11H2,1H3. The van der Waals surface area contributed by atoms with Crippen LogP contribution in [0.15, 0.2) is 4.52 Å². The number of ether oxygens (including phenoxy) is 1. The molecule has 0 atom stereocenters. The predicted molar refractivity (Wildman–Crippen MR) is 76.7 cm³/mol. The highest BCUT2D eigenvalue weighted by atomic mass is 16.5. The van der Waals surface area contributed by atoms with Gasteiger partial charge in [-0.05, 0) is 38.5 Å². The SMILES string of the molecule is CCOC(=O)C1(c2nc(CC3CC3)no2)CCCCCC1. The van der Waals surface area contributed by atoms with E-state index in [-0.39, 0.29) is 5.97 Å². The summed E-state index contributed by atoms with van der Waals surface area (Å²) in [6, 6.07) is 0. The molecule has 2 saturated carbocycles. The lowest BCUT2D eigenvalue weighted by Crippen LogP contribution is -2.37. The van der Waals surface area contributed by atoms with Crippen molar-refractivity contribution in [3.63, 3.8) is 0 Å². The zero-order chi connectivity index (χ0) is 14.7. The molecule has 0 saturated heterocycles. The molecule has 2 fully saturated rings. The van der Waals surface area contributed by atoms with Crippen LogP contribution in [0.1, 0.15) is 70.0 Å². The summed E-state index contributed by atoms with van der Waals surface area (Å²) in [5.74, 6) is 1.76. The number of nitrogens with zero attached hydrogens (tertiary/aromatic N) is 2. The topological polar surface area (TPSA) is 65.2 Å². The van der Waals surface area contributed by atoms with Gasteiger partial charge in [0.1, 0.15) is 5.41 Å². The molecule has 3 rings (SSSR count). The van der Waals surface area contributed by atoms with E-state index in [1.807, 2.05) is 6.92 Å². The Balaban J connectivity index is 1.85. The molecular formula is C16H24N2O3. The molecule has 0 radical (unpaired) electrons. The molecule has 0 unspecified atom stereocenters. The minimum atomic E-state index is -0.707. The summed E-state index contributed by atoms with van der Waals surface area (Å²) in [6.07, 6.45) is 9.25. The van der Waals surface area contributed by atoms with E-state index in [2.05, 4.69) is 10.1 Å². The maximum absolute atomic E-state index is 12.6. The Kier molecular flexibility index (Phi) is 4.27. The quantitative estimate of drug-likeness (QED) is 0.616. The van der Waals surface area contributed by atoms with Crippen LogP contribution < -0.4 is 0 Å². The molecule has 5 heteroatoms. The van der Waals surface area contributed by atoms with Crippen molar-refractivity contribution in [2.45, 2.75) is 70.1 Å². The van der Waals surface area contributed by atoms with Crippen LogP contribution in [0.4, 0.5) is 0 Å². The number of hydrogen-bond donors (Lipinski definition) is 0. The average Bonchev–Trinajstić information content (AvgIpc) is 3.22. The molecule has 1 aromatic heterocycles. The maximum atomic E-state index is 12.6. The molecule has 0 aromatic carbocycles. The van der Waals surface area contributed by atoms with Gasteiger partial charge in [-0.15, -0.1) is 0 Å². The van der Waals surface area contributed by atoms with E-state index in [1.54, 1.807) is 0 Å². The van der Waals surface area contributed by atoms with E-state index < -0.39 is 5.41 Å². The summed E-state index contributed by atoms with van der Waals surface area (Å²) in [5.41, 5.74) is -0.707. The van der Waals surface area contributed by atoms with Gasteiger partial charge in [0.15, 0.2) is 5.82 Å². The van der Waals surface area contributed by atoms with Crippen molar-refractivity contribution in [2.24, 2.45) is 5.92 Å². The molecule has 1 aromatic rings. The van der Waals surface area contributed by atoms with Crippen molar-refractivity contribution in [3.8, 4) is 0 Å². The van der Waals surface area contributed by atoms with Gasteiger partial charge in [-0.2, -0.15) is 4.98 Å². The largest absolute Gasteiger partial charge is 0.465 e. The molecule has 116 valence electrons. The van der Waals surface area contributed by atoms with E-state index in [0.717, 1.165) is 50.8 Å². The fourth-order valence-corrected chi connectivity index (χ4v) is 3.22. The second-order valence-electron chi connectivity index (χ2n) is 6.38. The van der Waals surface area contributed by atoms with Gasteiger partial charge in [0.2, 0.25) is 5.89 Å². The predicted octanol–water partition coefficient (Wildman–Crippen LogP) is 3.18. The Hall–Kier alpha value is -1.39. The van der Waals surface area contributed by atoms with Gasteiger partial charge in [0, 0.05) is 6.42 Å². The van der Waals surface area contributed by atoms with Gasteiger partial charge in [0.05, 0.1) is 6.61 Å². The summed E-state index contributed by atoms with van der Waals surface area (Å²) in [4.78, 5) is 17.1. The zero-order valence-electron chi connectivity index (χ0n) is 12.8. The van der Waals surface area contributed by atoms with E-state index >= 15 is 0 Å². The van der Waals surface area contributed by atoms with Gasteiger partial charge in [0.25, 0.3) is 0 Å². The van der Waals surface area contributed by atoms with Gasteiger partial charge in [-0.1, -0.05) is 30.8 Å². The van der Waals surface area contributed by atoms with E-state index in [9.17, 15) is 4.79 Å². The molecule has 0 aliphatic heterocycles. The lowest BCUT2D eigenvalue weighted by molar-refractivity contribution is -0.152. The Morgan fingerprint density at radius 3 is 2.62 bits per heavy atom. The van der Waals surface area contributed by atoms with Crippen LogP contribution in [-0.4, -0.2) is 22.7 Å². The normalized spacial score (nSPS) is 21.8. The number of hydrogen-bond acceptors (Lipinski definition) is 5. The molecule has 2 aliphatic carbocycles. The monoisotopic (exact) mass is 292 g/mol. The van der Waals surface area contributed by atoms with Crippen molar-refractivity contribution in [1.29, 1.82) is 0 Å². The summed E-state index contributed by atoms with van der Waals surface area (Å²) in [7, 11) is 0. The maximum Gasteiger partial charge on any atom is 0.321 e. The van der Waals surface area contributed by atoms with Crippen molar-refractivity contribution in [1.82, 2.24) is 10.1 Å². The number of carbonyl (C=O) groups excluding carboxylic acids is 1. The third kappa shape index (κ3) is 3.11. The Labute approximate surface area is 125 Å². The highest BCUT2D eigenvalue weighted by Crippen LogP contribution is 2.39. The molecule has 0 N–H and O–H groups in total. The molecule has 0 amide bonds.